The van der Waals surface area contributed by atoms with E-state index < -0.39 is 0 Å². The summed E-state index contributed by atoms with van der Waals surface area (Å²) in [6, 6.07) is 11.5. The van der Waals surface area contributed by atoms with Crippen molar-refractivity contribution in [2.75, 3.05) is 0 Å². The average molecular weight is 185 g/mol. The number of hydrogen-bond acceptors (Lipinski definition) is 1. The van der Waals surface area contributed by atoms with Crippen LogP contribution >= 0.6 is 0 Å². The Kier molecular flexibility index (Phi) is 1.89. The van der Waals surface area contributed by atoms with E-state index >= 15 is 0 Å². The molecule has 14 heavy (non-hydrogen) atoms. The van der Waals surface area contributed by atoms with E-state index in [9.17, 15) is 5.21 Å². The lowest BCUT2D eigenvalue weighted by Crippen LogP contribution is -2.24. The van der Waals surface area contributed by atoms with E-state index in [1.54, 1.807) is 0 Å². The van der Waals surface area contributed by atoms with Gasteiger partial charge in [-0.3, -0.25) is 0 Å². The van der Waals surface area contributed by atoms with Gasteiger partial charge < -0.3 is 5.21 Å². The molecule has 0 amide bonds. The Hall–Kier alpha value is -1.96. The van der Waals surface area contributed by atoms with Crippen LogP contribution in [0.25, 0.3) is 24.4 Å². The molecule has 2 aromatic rings. The number of benzene rings is 1. The molecule has 0 aliphatic heterocycles. The van der Waals surface area contributed by atoms with Gasteiger partial charge in [-0.05, 0) is 11.3 Å². The van der Waals surface area contributed by atoms with Crippen LogP contribution in [0.2, 0.25) is 0 Å². The van der Waals surface area contributed by atoms with Crippen molar-refractivity contribution in [2.45, 2.75) is 0 Å². The van der Waals surface area contributed by atoms with Crippen LogP contribution < -0.4 is 10.6 Å². The fraction of sp³-hybridized carbons (Fsp3) is 0. The highest BCUT2D eigenvalue weighted by atomic mass is 16.5. The highest BCUT2D eigenvalue weighted by molar-refractivity contribution is 5.59. The molecule has 0 spiro atoms. The van der Waals surface area contributed by atoms with Crippen molar-refractivity contribution < 1.29 is 5.21 Å². The Morgan fingerprint density at radius 2 is 1.71 bits per heavy atom. The van der Waals surface area contributed by atoms with Gasteiger partial charge in [-0.25, -0.2) is 0 Å². The van der Waals surface area contributed by atoms with E-state index in [0.29, 0.717) is 5.35 Å². The maximum Gasteiger partial charge on any atom is 0.0878 e. The monoisotopic (exact) mass is 185 g/mol. The summed E-state index contributed by atoms with van der Waals surface area (Å²) in [4.78, 5) is 0. The van der Waals surface area contributed by atoms with Gasteiger partial charge in [0.15, 0.2) is 0 Å². The second kappa shape index (κ2) is 3.07. The molecule has 2 heteroatoms. The third-order valence-electron chi connectivity index (χ3n) is 2.24. The fourth-order valence-corrected chi connectivity index (χ4v) is 1.41. The number of nitrogens with zero attached hydrogens (tertiary/aromatic N) is 1. The second-order valence-corrected chi connectivity index (χ2v) is 3.18. The molecule has 0 atom stereocenters. The molecule has 2 rings (SSSR count). The van der Waals surface area contributed by atoms with Crippen molar-refractivity contribution in [3.8, 4) is 11.3 Å². The molecule has 0 radical (unpaired) electrons. The molecule has 1 N–H and O–H groups in total. The van der Waals surface area contributed by atoms with Gasteiger partial charge in [0.1, 0.15) is 0 Å². The van der Waals surface area contributed by atoms with Crippen molar-refractivity contribution in [1.82, 2.24) is 4.73 Å². The first kappa shape index (κ1) is 8.63. The van der Waals surface area contributed by atoms with Crippen LogP contribution in [0.15, 0.2) is 36.4 Å². The largest absolute Gasteiger partial charge is 0.428 e. The SMILES string of the molecule is C=c1cc(-c2ccccc2)n(O)c1=C. The number of rotatable bonds is 1. The van der Waals surface area contributed by atoms with Gasteiger partial charge >= 0.3 is 0 Å². The predicted octanol–water partition coefficient (Wildman–Crippen LogP) is 1.21. The summed E-state index contributed by atoms with van der Waals surface area (Å²) in [6.45, 7) is 7.50. The zero-order chi connectivity index (χ0) is 10.1. The van der Waals surface area contributed by atoms with Gasteiger partial charge in [-0.15, -0.1) is 0 Å². The Bertz CT molecular complexity index is 540. The molecular weight excluding hydrogens is 174 g/mol. The van der Waals surface area contributed by atoms with Crippen molar-refractivity contribution in [1.29, 1.82) is 0 Å². The smallest absolute Gasteiger partial charge is 0.0878 e. The van der Waals surface area contributed by atoms with Gasteiger partial charge in [0, 0.05) is 5.56 Å². The normalized spacial score (nSPS) is 10.3. The van der Waals surface area contributed by atoms with Crippen molar-refractivity contribution in [3.05, 3.63) is 47.0 Å². The lowest BCUT2D eigenvalue weighted by atomic mass is 10.1. The van der Waals surface area contributed by atoms with E-state index in [1.807, 2.05) is 36.4 Å². The van der Waals surface area contributed by atoms with Crippen LogP contribution in [-0.2, 0) is 0 Å². The van der Waals surface area contributed by atoms with Gasteiger partial charge in [-0.2, -0.15) is 4.73 Å². The summed E-state index contributed by atoms with van der Waals surface area (Å²) in [5, 5.41) is 11.0. The van der Waals surface area contributed by atoms with E-state index in [1.165, 1.54) is 0 Å². The minimum Gasteiger partial charge on any atom is -0.428 e. The lowest BCUT2D eigenvalue weighted by molar-refractivity contribution is 0.184. The molecule has 0 fully saturated rings. The summed E-state index contributed by atoms with van der Waals surface area (Å²) in [5.41, 5.74) is 1.68. The topological polar surface area (TPSA) is 25.2 Å². The van der Waals surface area contributed by atoms with Gasteiger partial charge in [0.05, 0.1) is 11.0 Å². The molecule has 2 nitrogen and oxygen atoms in total. The van der Waals surface area contributed by atoms with E-state index in [4.69, 9.17) is 0 Å². The van der Waals surface area contributed by atoms with Crippen molar-refractivity contribution in [2.24, 2.45) is 0 Å². The molecule has 0 unspecified atom stereocenters. The quantitative estimate of drug-likeness (QED) is 0.664. The van der Waals surface area contributed by atoms with Crippen LogP contribution in [0.3, 0.4) is 0 Å². The molecule has 1 aromatic carbocycles. The molecule has 0 aliphatic carbocycles. The van der Waals surface area contributed by atoms with E-state index in [2.05, 4.69) is 13.2 Å². The van der Waals surface area contributed by atoms with E-state index in [0.717, 1.165) is 21.2 Å². The number of aromatic nitrogens is 1. The van der Waals surface area contributed by atoms with Crippen LogP contribution in [-0.4, -0.2) is 9.94 Å². The Morgan fingerprint density at radius 3 is 2.21 bits per heavy atom. The fourth-order valence-electron chi connectivity index (χ4n) is 1.41. The second-order valence-electron chi connectivity index (χ2n) is 3.18. The molecule has 70 valence electrons. The summed E-state index contributed by atoms with van der Waals surface area (Å²) in [6.07, 6.45) is 0. The zero-order valence-electron chi connectivity index (χ0n) is 7.77. The highest BCUT2D eigenvalue weighted by Gasteiger charge is 2.03. The Morgan fingerprint density at radius 1 is 1.07 bits per heavy atom. The van der Waals surface area contributed by atoms with Crippen LogP contribution in [0.5, 0.6) is 0 Å². The maximum absolute atomic E-state index is 9.69. The first-order valence-corrected chi connectivity index (χ1v) is 4.34. The summed E-state index contributed by atoms with van der Waals surface area (Å²) >= 11 is 0. The van der Waals surface area contributed by atoms with Crippen LogP contribution in [0.4, 0.5) is 0 Å². The summed E-state index contributed by atoms with van der Waals surface area (Å²) < 4.78 is 1.07. The molecule has 0 aliphatic rings. The molecule has 0 saturated heterocycles. The van der Waals surface area contributed by atoms with Gasteiger partial charge in [0.25, 0.3) is 0 Å². The van der Waals surface area contributed by atoms with Crippen LogP contribution in [0.1, 0.15) is 0 Å². The lowest BCUT2D eigenvalue weighted by Gasteiger charge is -2.00. The first-order chi connectivity index (χ1) is 6.70. The first-order valence-electron chi connectivity index (χ1n) is 4.34. The average Bonchev–Trinajstić information content (AvgIpc) is 2.47. The predicted molar refractivity (Wildman–Crippen MR) is 57.3 cm³/mol. The minimum absolute atomic E-state index is 0.531. The third-order valence-corrected chi connectivity index (χ3v) is 2.24. The summed E-state index contributed by atoms with van der Waals surface area (Å²) in [7, 11) is 0. The van der Waals surface area contributed by atoms with Crippen molar-refractivity contribution in [3.63, 3.8) is 0 Å². The minimum atomic E-state index is 0.531. The molecule has 1 heterocycles. The molecule has 0 bridgehead atoms. The maximum atomic E-state index is 9.69. The Balaban J connectivity index is 2.70. The molecular formula is C12H11NO. The summed E-state index contributed by atoms with van der Waals surface area (Å²) in [5.74, 6) is 0. The number of hydrogen-bond donors (Lipinski definition) is 1. The van der Waals surface area contributed by atoms with Gasteiger partial charge in [0.2, 0.25) is 0 Å². The Labute approximate surface area is 82.0 Å². The zero-order valence-corrected chi connectivity index (χ0v) is 7.77. The van der Waals surface area contributed by atoms with Crippen LogP contribution in [0, 0.1) is 0 Å². The highest BCUT2D eigenvalue weighted by Crippen LogP contribution is 2.14. The standard InChI is InChI=1S/C12H11NO/c1-9-8-12(13(14)10(9)2)11-6-4-3-5-7-11/h3-8,14H,1-2H2. The van der Waals surface area contributed by atoms with E-state index in [-0.39, 0.29) is 0 Å². The third kappa shape index (κ3) is 1.21. The van der Waals surface area contributed by atoms with Crippen molar-refractivity contribution >= 4 is 13.2 Å². The molecule has 0 saturated carbocycles. The molecule has 1 aromatic heterocycles. The van der Waals surface area contributed by atoms with Gasteiger partial charge in [-0.1, -0.05) is 43.5 Å².